The minimum absolute atomic E-state index is 0.429. The Kier molecular flexibility index (Phi) is 2.34. The van der Waals surface area contributed by atoms with E-state index < -0.39 is 0 Å². The van der Waals surface area contributed by atoms with Gasteiger partial charge in [-0.2, -0.15) is 0 Å². The highest BCUT2D eigenvalue weighted by molar-refractivity contribution is 9.10. The van der Waals surface area contributed by atoms with Crippen molar-refractivity contribution >= 4 is 38.9 Å². The van der Waals surface area contributed by atoms with E-state index in [9.17, 15) is 0 Å². The lowest BCUT2D eigenvalue weighted by Gasteiger charge is -2.09. The van der Waals surface area contributed by atoms with E-state index in [-0.39, 0.29) is 0 Å². The predicted molar refractivity (Wildman–Crippen MR) is 58.0 cm³/mol. The fourth-order valence-electron chi connectivity index (χ4n) is 1.08. The van der Waals surface area contributed by atoms with Crippen LogP contribution in [0.3, 0.4) is 0 Å². The Morgan fingerprint density at radius 3 is 2.85 bits per heavy atom. The molecule has 3 nitrogen and oxygen atoms in total. The van der Waals surface area contributed by atoms with Crippen LogP contribution >= 0.6 is 27.5 Å². The summed E-state index contributed by atoms with van der Waals surface area (Å²) >= 11 is 9.15. The third-order valence-corrected chi connectivity index (χ3v) is 2.58. The topological polar surface area (TPSA) is 50.9 Å². The van der Waals surface area contributed by atoms with Crippen molar-refractivity contribution in [2.45, 2.75) is 18.9 Å². The quantitative estimate of drug-likeness (QED) is 0.806. The monoisotopic (exact) mass is 261 g/mol. The van der Waals surface area contributed by atoms with Gasteiger partial charge in [0, 0.05) is 6.04 Å². The molecule has 1 aliphatic rings. The molecular weight excluding hydrogens is 253 g/mol. The highest BCUT2D eigenvalue weighted by Gasteiger charge is 2.23. The number of halogens is 2. The fourth-order valence-corrected chi connectivity index (χ4v) is 1.86. The summed E-state index contributed by atoms with van der Waals surface area (Å²) in [5.41, 5.74) is 7.18. The number of nitrogens with one attached hydrogen (secondary N) is 1. The number of anilines is 2. The molecule has 0 amide bonds. The van der Waals surface area contributed by atoms with Crippen LogP contribution in [0.4, 0.5) is 11.4 Å². The van der Waals surface area contributed by atoms with Crippen molar-refractivity contribution in [1.29, 1.82) is 0 Å². The summed E-state index contributed by atoms with van der Waals surface area (Å²) < 4.78 is 0.663. The molecule has 0 radical (unpaired) electrons. The summed E-state index contributed by atoms with van der Waals surface area (Å²) in [7, 11) is 0. The lowest BCUT2D eigenvalue weighted by atomic mass is 10.3. The van der Waals surface area contributed by atoms with Gasteiger partial charge in [0.25, 0.3) is 0 Å². The first kappa shape index (κ1) is 9.09. The molecule has 1 aliphatic carbocycles. The molecule has 1 fully saturated rings. The first-order valence-electron chi connectivity index (χ1n) is 4.05. The van der Waals surface area contributed by atoms with Crippen LogP contribution < -0.4 is 11.1 Å². The second-order valence-corrected chi connectivity index (χ2v) is 4.29. The molecule has 3 N–H and O–H groups in total. The molecule has 0 aromatic carbocycles. The zero-order chi connectivity index (χ0) is 9.42. The van der Waals surface area contributed by atoms with E-state index in [0.717, 1.165) is 5.69 Å². The SMILES string of the molecule is Nc1cc(Br)nc(Cl)c1NC1CC1. The summed E-state index contributed by atoms with van der Waals surface area (Å²) in [4.78, 5) is 4.05. The third-order valence-electron chi connectivity index (χ3n) is 1.90. The van der Waals surface area contributed by atoms with Crippen LogP contribution in [-0.4, -0.2) is 11.0 Å². The Hall–Kier alpha value is -0.480. The Labute approximate surface area is 89.8 Å². The van der Waals surface area contributed by atoms with Crippen molar-refractivity contribution in [3.8, 4) is 0 Å². The van der Waals surface area contributed by atoms with Crippen molar-refractivity contribution < 1.29 is 0 Å². The van der Waals surface area contributed by atoms with E-state index in [1.54, 1.807) is 6.07 Å². The molecule has 1 aromatic heterocycles. The number of nitrogens with two attached hydrogens (primary N) is 1. The van der Waals surface area contributed by atoms with Crippen molar-refractivity contribution in [3.63, 3.8) is 0 Å². The van der Waals surface area contributed by atoms with Crippen LogP contribution in [0.15, 0.2) is 10.7 Å². The van der Waals surface area contributed by atoms with Gasteiger partial charge < -0.3 is 11.1 Å². The van der Waals surface area contributed by atoms with E-state index in [4.69, 9.17) is 17.3 Å². The molecule has 0 saturated heterocycles. The molecule has 1 aromatic rings. The normalized spacial score (nSPS) is 15.8. The molecule has 0 bridgehead atoms. The number of nitrogen functional groups attached to an aromatic ring is 1. The standard InChI is InChI=1S/C8H9BrClN3/c9-6-3-5(11)7(8(10)13-6)12-4-1-2-4/h3-4,12H,1-2H2,(H2,11,13). The van der Waals surface area contributed by atoms with Gasteiger partial charge in [-0.1, -0.05) is 11.6 Å². The summed E-state index contributed by atoms with van der Waals surface area (Å²) in [6, 6.07) is 2.28. The zero-order valence-electron chi connectivity index (χ0n) is 6.85. The molecule has 0 atom stereocenters. The lowest BCUT2D eigenvalue weighted by molar-refractivity contribution is 1.14. The molecule has 2 rings (SSSR count). The van der Waals surface area contributed by atoms with Crippen molar-refractivity contribution in [3.05, 3.63) is 15.8 Å². The highest BCUT2D eigenvalue weighted by atomic mass is 79.9. The first-order valence-corrected chi connectivity index (χ1v) is 5.22. The van der Waals surface area contributed by atoms with Gasteiger partial charge in [0.1, 0.15) is 4.60 Å². The van der Waals surface area contributed by atoms with Crippen molar-refractivity contribution in [2.24, 2.45) is 0 Å². The summed E-state index contributed by atoms with van der Waals surface area (Å²) in [6.07, 6.45) is 2.37. The third kappa shape index (κ3) is 2.06. The maximum atomic E-state index is 5.92. The molecule has 0 unspecified atom stereocenters. The smallest absolute Gasteiger partial charge is 0.155 e. The zero-order valence-corrected chi connectivity index (χ0v) is 9.19. The van der Waals surface area contributed by atoms with Crippen molar-refractivity contribution in [2.75, 3.05) is 11.1 Å². The van der Waals surface area contributed by atoms with E-state index >= 15 is 0 Å². The molecule has 0 spiro atoms. The van der Waals surface area contributed by atoms with Gasteiger partial charge in [-0.05, 0) is 34.8 Å². The van der Waals surface area contributed by atoms with Gasteiger partial charge in [0.2, 0.25) is 0 Å². The van der Waals surface area contributed by atoms with E-state index in [0.29, 0.717) is 21.5 Å². The van der Waals surface area contributed by atoms with Crippen LogP contribution in [0, 0.1) is 0 Å². The van der Waals surface area contributed by atoms with Crippen LogP contribution in [0.1, 0.15) is 12.8 Å². The van der Waals surface area contributed by atoms with Crippen LogP contribution in [-0.2, 0) is 0 Å². The van der Waals surface area contributed by atoms with Crippen LogP contribution in [0.5, 0.6) is 0 Å². The number of aromatic nitrogens is 1. The Bertz CT molecular complexity index is 315. The van der Waals surface area contributed by atoms with E-state index in [1.165, 1.54) is 12.8 Å². The van der Waals surface area contributed by atoms with Crippen LogP contribution in [0.25, 0.3) is 0 Å². The fraction of sp³-hybridized carbons (Fsp3) is 0.375. The average molecular weight is 263 g/mol. The van der Waals surface area contributed by atoms with Gasteiger partial charge in [0.15, 0.2) is 5.15 Å². The van der Waals surface area contributed by atoms with Crippen LogP contribution in [0.2, 0.25) is 5.15 Å². The average Bonchev–Trinajstić information content (AvgIpc) is 2.79. The molecule has 13 heavy (non-hydrogen) atoms. The Morgan fingerprint density at radius 2 is 2.31 bits per heavy atom. The van der Waals surface area contributed by atoms with Gasteiger partial charge in [0.05, 0.1) is 11.4 Å². The number of rotatable bonds is 2. The van der Waals surface area contributed by atoms with Gasteiger partial charge in [-0.15, -0.1) is 0 Å². The Morgan fingerprint density at radius 1 is 1.62 bits per heavy atom. The highest BCUT2D eigenvalue weighted by Crippen LogP contribution is 2.33. The number of pyridine rings is 1. The van der Waals surface area contributed by atoms with E-state index in [2.05, 4.69) is 26.2 Å². The summed E-state index contributed by atoms with van der Waals surface area (Å²) in [5, 5.41) is 3.67. The van der Waals surface area contributed by atoms with Gasteiger partial charge in [-0.25, -0.2) is 4.98 Å². The minimum Gasteiger partial charge on any atom is -0.397 e. The first-order chi connectivity index (χ1) is 6.16. The Balaban J connectivity index is 2.31. The minimum atomic E-state index is 0.429. The number of hydrogen-bond donors (Lipinski definition) is 2. The molecule has 1 saturated carbocycles. The molecule has 0 aliphatic heterocycles. The summed E-state index contributed by atoms with van der Waals surface area (Å²) in [5.74, 6) is 0. The molecule has 1 heterocycles. The maximum absolute atomic E-state index is 5.92. The van der Waals surface area contributed by atoms with E-state index in [1.807, 2.05) is 0 Å². The second-order valence-electron chi connectivity index (χ2n) is 3.12. The van der Waals surface area contributed by atoms with Gasteiger partial charge >= 0.3 is 0 Å². The summed E-state index contributed by atoms with van der Waals surface area (Å²) in [6.45, 7) is 0. The van der Waals surface area contributed by atoms with Crippen molar-refractivity contribution in [1.82, 2.24) is 4.98 Å². The molecule has 70 valence electrons. The predicted octanol–water partition coefficient (Wildman–Crippen LogP) is 2.65. The van der Waals surface area contributed by atoms with Gasteiger partial charge in [-0.3, -0.25) is 0 Å². The number of nitrogens with zero attached hydrogens (tertiary/aromatic N) is 1. The lowest BCUT2D eigenvalue weighted by Crippen LogP contribution is -2.05. The second kappa shape index (κ2) is 3.35. The maximum Gasteiger partial charge on any atom is 0.155 e. The molecular formula is C8H9BrClN3. The largest absolute Gasteiger partial charge is 0.397 e. The molecule has 5 heteroatoms. The number of hydrogen-bond acceptors (Lipinski definition) is 3.